The lowest BCUT2D eigenvalue weighted by Gasteiger charge is -2.39. The number of guanidine groups is 1. The highest BCUT2D eigenvalue weighted by Crippen LogP contribution is 2.28. The summed E-state index contributed by atoms with van der Waals surface area (Å²) >= 11 is 0. The second kappa shape index (κ2) is 6.27. The van der Waals surface area contributed by atoms with E-state index in [1.165, 1.54) is 5.56 Å². The number of sulfone groups is 1. The predicted molar refractivity (Wildman–Crippen MR) is 95.4 cm³/mol. The summed E-state index contributed by atoms with van der Waals surface area (Å²) < 4.78 is 29.5. The maximum Gasteiger partial charge on any atom is 0.193 e. The van der Waals surface area contributed by atoms with Crippen LogP contribution in [-0.4, -0.2) is 62.6 Å². The van der Waals surface area contributed by atoms with Crippen molar-refractivity contribution in [2.45, 2.75) is 31.1 Å². The number of nitrogens with one attached hydrogen (secondary N) is 1. The van der Waals surface area contributed by atoms with Gasteiger partial charge in [-0.3, -0.25) is 4.99 Å². The van der Waals surface area contributed by atoms with E-state index in [1.54, 1.807) is 20.9 Å². The molecule has 0 aliphatic carbocycles. The topological polar surface area (TPSA) is 71.0 Å². The lowest BCUT2D eigenvalue weighted by Crippen LogP contribution is -2.57. The van der Waals surface area contributed by atoms with E-state index in [2.05, 4.69) is 16.4 Å². The SMILES string of the molecule is CN=C(NCC1Cc2ccccc2O1)N1CCS(=O)(=O)C(C)(C)C1. The monoisotopic (exact) mass is 351 g/mol. The fourth-order valence-electron chi connectivity index (χ4n) is 3.23. The molecule has 0 amide bonds. The Bertz CT molecular complexity index is 718. The lowest BCUT2D eigenvalue weighted by atomic mass is 10.1. The molecule has 0 saturated carbocycles. The smallest absolute Gasteiger partial charge is 0.193 e. The minimum atomic E-state index is -3.05. The molecule has 24 heavy (non-hydrogen) atoms. The number of nitrogens with zero attached hydrogens (tertiary/aromatic N) is 2. The third-order valence-corrected chi connectivity index (χ3v) is 7.29. The first-order chi connectivity index (χ1) is 11.3. The van der Waals surface area contributed by atoms with E-state index in [-0.39, 0.29) is 11.9 Å². The van der Waals surface area contributed by atoms with Crippen LogP contribution in [0.2, 0.25) is 0 Å². The highest BCUT2D eigenvalue weighted by Gasteiger charge is 2.41. The molecule has 2 aliphatic heterocycles. The van der Waals surface area contributed by atoms with Gasteiger partial charge < -0.3 is 15.0 Å². The second-order valence-corrected chi connectivity index (χ2v) is 9.72. The van der Waals surface area contributed by atoms with Gasteiger partial charge >= 0.3 is 0 Å². The molecule has 3 rings (SSSR count). The third kappa shape index (κ3) is 3.22. The summed E-state index contributed by atoms with van der Waals surface area (Å²) in [4.78, 5) is 6.33. The average molecular weight is 351 g/mol. The summed E-state index contributed by atoms with van der Waals surface area (Å²) in [5.41, 5.74) is 1.23. The molecule has 1 N–H and O–H groups in total. The van der Waals surface area contributed by atoms with E-state index in [0.29, 0.717) is 19.6 Å². The number of hydrogen-bond acceptors (Lipinski definition) is 4. The molecular formula is C17H25N3O3S. The molecule has 6 nitrogen and oxygen atoms in total. The number of fused-ring (bicyclic) bond motifs is 1. The van der Waals surface area contributed by atoms with Gasteiger partial charge in [0.15, 0.2) is 15.8 Å². The first-order valence-corrected chi connectivity index (χ1v) is 9.90. The molecule has 0 spiro atoms. The molecule has 0 aromatic heterocycles. The lowest BCUT2D eigenvalue weighted by molar-refractivity contribution is 0.232. The van der Waals surface area contributed by atoms with Gasteiger partial charge in [-0.25, -0.2) is 8.42 Å². The van der Waals surface area contributed by atoms with Crippen molar-refractivity contribution >= 4 is 15.8 Å². The molecule has 1 aromatic carbocycles. The fourth-order valence-corrected chi connectivity index (χ4v) is 4.60. The molecule has 132 valence electrons. The van der Waals surface area contributed by atoms with E-state index < -0.39 is 14.6 Å². The first-order valence-electron chi connectivity index (χ1n) is 8.25. The van der Waals surface area contributed by atoms with Crippen LogP contribution < -0.4 is 10.1 Å². The van der Waals surface area contributed by atoms with Crippen molar-refractivity contribution in [3.05, 3.63) is 29.8 Å². The highest BCUT2D eigenvalue weighted by molar-refractivity contribution is 7.92. The minimum absolute atomic E-state index is 0.0701. The summed E-state index contributed by atoms with van der Waals surface area (Å²) in [7, 11) is -1.33. The Morgan fingerprint density at radius 1 is 1.42 bits per heavy atom. The molecule has 0 radical (unpaired) electrons. The maximum atomic E-state index is 12.1. The van der Waals surface area contributed by atoms with Gasteiger partial charge in [-0.15, -0.1) is 0 Å². The molecule has 1 fully saturated rings. The van der Waals surface area contributed by atoms with Crippen molar-refractivity contribution in [3.63, 3.8) is 0 Å². The van der Waals surface area contributed by atoms with Crippen molar-refractivity contribution in [2.24, 2.45) is 4.99 Å². The predicted octanol–water partition coefficient (Wildman–Crippen LogP) is 1.07. The van der Waals surface area contributed by atoms with E-state index >= 15 is 0 Å². The molecule has 0 bridgehead atoms. The van der Waals surface area contributed by atoms with Crippen LogP contribution in [0.3, 0.4) is 0 Å². The Morgan fingerprint density at radius 2 is 2.17 bits per heavy atom. The van der Waals surface area contributed by atoms with Gasteiger partial charge in [0, 0.05) is 26.6 Å². The summed E-state index contributed by atoms with van der Waals surface area (Å²) in [6.07, 6.45) is 0.945. The number of aliphatic imine (C=N–C) groups is 1. The van der Waals surface area contributed by atoms with E-state index in [0.717, 1.165) is 18.1 Å². The molecule has 7 heteroatoms. The zero-order chi connectivity index (χ0) is 17.4. The number of para-hydroxylation sites is 1. The molecule has 1 unspecified atom stereocenters. The van der Waals surface area contributed by atoms with Crippen molar-refractivity contribution in [2.75, 3.05) is 32.4 Å². The second-order valence-electron chi connectivity index (χ2n) is 6.98. The largest absolute Gasteiger partial charge is 0.488 e. The van der Waals surface area contributed by atoms with Gasteiger partial charge in [0.05, 0.1) is 17.0 Å². The Kier molecular flexibility index (Phi) is 4.46. The first kappa shape index (κ1) is 17.1. The minimum Gasteiger partial charge on any atom is -0.488 e. The standard InChI is InChI=1S/C17H25N3O3S/c1-17(2)12-20(8-9-24(17,21)22)16(18-3)19-11-14-10-13-6-4-5-7-15(13)23-14/h4-7,14H,8-12H2,1-3H3,(H,18,19). The van der Waals surface area contributed by atoms with Gasteiger partial charge in [-0.2, -0.15) is 0 Å². The van der Waals surface area contributed by atoms with Crippen LogP contribution in [0.1, 0.15) is 19.4 Å². The third-order valence-electron chi connectivity index (χ3n) is 4.76. The van der Waals surface area contributed by atoms with Crippen LogP contribution >= 0.6 is 0 Å². The molecule has 2 aliphatic rings. The Morgan fingerprint density at radius 3 is 2.83 bits per heavy atom. The zero-order valence-electron chi connectivity index (χ0n) is 14.4. The Labute approximate surface area is 143 Å². The van der Waals surface area contributed by atoms with Crippen LogP contribution in [0.4, 0.5) is 0 Å². The van der Waals surface area contributed by atoms with Crippen molar-refractivity contribution in [1.82, 2.24) is 10.2 Å². The van der Waals surface area contributed by atoms with Crippen LogP contribution in [-0.2, 0) is 16.3 Å². The molecule has 1 atom stereocenters. The van der Waals surface area contributed by atoms with E-state index in [9.17, 15) is 8.42 Å². The maximum absolute atomic E-state index is 12.1. The van der Waals surface area contributed by atoms with E-state index in [1.807, 2.05) is 23.1 Å². The normalized spacial score (nSPS) is 25.0. The molecule has 1 saturated heterocycles. The number of hydrogen-bond donors (Lipinski definition) is 1. The summed E-state index contributed by atoms with van der Waals surface area (Å²) in [6.45, 7) is 5.11. The van der Waals surface area contributed by atoms with Gasteiger partial charge in [0.25, 0.3) is 0 Å². The number of rotatable bonds is 2. The summed E-state index contributed by atoms with van der Waals surface area (Å²) in [5.74, 6) is 1.84. The van der Waals surface area contributed by atoms with Crippen LogP contribution in [0.25, 0.3) is 0 Å². The number of benzene rings is 1. The number of ether oxygens (including phenoxy) is 1. The van der Waals surface area contributed by atoms with Crippen LogP contribution in [0.5, 0.6) is 5.75 Å². The van der Waals surface area contributed by atoms with Gasteiger partial charge in [0.1, 0.15) is 11.9 Å². The van der Waals surface area contributed by atoms with Crippen molar-refractivity contribution in [3.8, 4) is 5.75 Å². The van der Waals surface area contributed by atoms with Crippen molar-refractivity contribution in [1.29, 1.82) is 0 Å². The molecule has 1 aromatic rings. The molecular weight excluding hydrogens is 326 g/mol. The van der Waals surface area contributed by atoms with Gasteiger partial charge in [-0.1, -0.05) is 18.2 Å². The van der Waals surface area contributed by atoms with Crippen LogP contribution in [0.15, 0.2) is 29.3 Å². The zero-order valence-corrected chi connectivity index (χ0v) is 15.3. The van der Waals surface area contributed by atoms with Crippen LogP contribution in [0, 0.1) is 0 Å². The summed E-state index contributed by atoms with van der Waals surface area (Å²) in [5, 5.41) is 3.34. The van der Waals surface area contributed by atoms with Gasteiger partial charge in [0.2, 0.25) is 0 Å². The van der Waals surface area contributed by atoms with Gasteiger partial charge in [-0.05, 0) is 25.5 Å². The quantitative estimate of drug-likeness (QED) is 0.638. The average Bonchev–Trinajstić information content (AvgIpc) is 2.94. The summed E-state index contributed by atoms with van der Waals surface area (Å²) in [6, 6.07) is 8.07. The Balaban J connectivity index is 1.59. The molecule has 2 heterocycles. The Hall–Kier alpha value is -1.76. The van der Waals surface area contributed by atoms with E-state index in [4.69, 9.17) is 4.74 Å². The fraction of sp³-hybridized carbons (Fsp3) is 0.588. The highest BCUT2D eigenvalue weighted by atomic mass is 32.2. The van der Waals surface area contributed by atoms with Crippen molar-refractivity contribution < 1.29 is 13.2 Å².